The van der Waals surface area contributed by atoms with E-state index < -0.39 is 0 Å². The van der Waals surface area contributed by atoms with Crippen LogP contribution in [0.5, 0.6) is 0 Å². The fraction of sp³-hybridized carbons (Fsp3) is 0.667. The van der Waals surface area contributed by atoms with Gasteiger partial charge in [-0.1, -0.05) is 25.3 Å². The Hall–Kier alpha value is -2.08. The second kappa shape index (κ2) is 8.96. The van der Waals surface area contributed by atoms with E-state index >= 15 is 0 Å². The van der Waals surface area contributed by atoms with E-state index in [-0.39, 0.29) is 23.9 Å². The highest BCUT2D eigenvalue weighted by Crippen LogP contribution is 2.39. The Morgan fingerprint density at radius 1 is 1.17 bits per heavy atom. The molecule has 4 atom stereocenters. The lowest BCUT2D eigenvalue weighted by Crippen LogP contribution is -2.57. The van der Waals surface area contributed by atoms with Gasteiger partial charge in [-0.3, -0.25) is 4.79 Å². The predicted octanol–water partition coefficient (Wildman–Crippen LogP) is 3.76. The van der Waals surface area contributed by atoms with Gasteiger partial charge in [-0.05, 0) is 68.7 Å². The molecule has 0 spiro atoms. The highest BCUT2D eigenvalue weighted by atomic mass is 16.2. The molecule has 6 heteroatoms. The van der Waals surface area contributed by atoms with E-state index in [0.717, 1.165) is 49.0 Å². The number of nitrogens with one attached hydrogen (secondary N) is 3. The molecule has 3 N–H and O–H groups in total. The maximum Gasteiger partial charge on any atom is 0.319 e. The van der Waals surface area contributed by atoms with E-state index in [1.54, 1.807) is 0 Å². The summed E-state index contributed by atoms with van der Waals surface area (Å²) in [5, 5.41) is 9.68. The molecular formula is C24H36N4O2. The largest absolute Gasteiger partial charge is 0.342 e. The molecule has 6 nitrogen and oxygen atoms in total. The number of benzene rings is 1. The molecule has 164 valence electrons. The van der Waals surface area contributed by atoms with Crippen molar-refractivity contribution in [1.82, 2.24) is 15.5 Å². The zero-order valence-corrected chi connectivity index (χ0v) is 18.5. The van der Waals surface area contributed by atoms with Crippen LogP contribution in [0.25, 0.3) is 0 Å². The van der Waals surface area contributed by atoms with Gasteiger partial charge in [0.15, 0.2) is 0 Å². The Kier molecular flexibility index (Phi) is 6.32. The van der Waals surface area contributed by atoms with Crippen LogP contribution < -0.4 is 16.0 Å². The minimum Gasteiger partial charge on any atom is -0.342 e. The number of carbonyl (C=O) groups excluding carboxylic acids is 2. The van der Waals surface area contributed by atoms with Crippen molar-refractivity contribution in [2.75, 3.05) is 18.9 Å². The standard InChI is InChI=1S/C24H36N4O2/c1-15-9-10-19(27-24(30)26-18-7-5-4-6-8-18)13-20(15)21-12-17-14-25-16(2)11-22(17)28(3)23(21)29/h9-10,13,16-18,21-22,25H,4-8,11-12,14H2,1-3H3,(H2,26,27,30). The summed E-state index contributed by atoms with van der Waals surface area (Å²) < 4.78 is 0. The van der Waals surface area contributed by atoms with Gasteiger partial charge in [0, 0.05) is 37.4 Å². The number of urea groups is 1. The Morgan fingerprint density at radius 3 is 2.70 bits per heavy atom. The van der Waals surface area contributed by atoms with E-state index in [4.69, 9.17) is 0 Å². The molecule has 2 heterocycles. The van der Waals surface area contributed by atoms with Gasteiger partial charge in [0.25, 0.3) is 0 Å². The first-order valence-corrected chi connectivity index (χ1v) is 11.6. The second-order valence-electron chi connectivity index (χ2n) is 9.61. The van der Waals surface area contributed by atoms with Crippen LogP contribution in [0, 0.1) is 12.8 Å². The summed E-state index contributed by atoms with van der Waals surface area (Å²) in [6, 6.07) is 6.87. The average Bonchev–Trinajstić information content (AvgIpc) is 2.73. The van der Waals surface area contributed by atoms with Gasteiger partial charge in [0.2, 0.25) is 5.91 Å². The first-order chi connectivity index (χ1) is 14.4. The van der Waals surface area contributed by atoms with E-state index in [2.05, 4.69) is 29.8 Å². The van der Waals surface area contributed by atoms with Crippen LogP contribution >= 0.6 is 0 Å². The third-order valence-electron chi connectivity index (χ3n) is 7.40. The monoisotopic (exact) mass is 412 g/mol. The molecule has 2 aliphatic heterocycles. The number of hydrogen-bond acceptors (Lipinski definition) is 3. The zero-order chi connectivity index (χ0) is 21.3. The van der Waals surface area contributed by atoms with Crippen molar-refractivity contribution >= 4 is 17.6 Å². The van der Waals surface area contributed by atoms with Gasteiger partial charge >= 0.3 is 6.03 Å². The minimum absolute atomic E-state index is 0.144. The number of amides is 3. The number of nitrogens with zero attached hydrogens (tertiary/aromatic N) is 1. The Labute approximate surface area is 180 Å². The first-order valence-electron chi connectivity index (χ1n) is 11.6. The lowest BCUT2D eigenvalue weighted by Gasteiger charge is -2.47. The summed E-state index contributed by atoms with van der Waals surface area (Å²) in [6.45, 7) is 5.21. The number of likely N-dealkylation sites (tertiary alicyclic amines) is 1. The fourth-order valence-electron chi connectivity index (χ4n) is 5.61. The van der Waals surface area contributed by atoms with Crippen LogP contribution in [0.4, 0.5) is 10.5 Å². The zero-order valence-electron chi connectivity index (χ0n) is 18.5. The van der Waals surface area contributed by atoms with E-state index in [0.29, 0.717) is 18.0 Å². The molecule has 3 amide bonds. The normalized spacial score (nSPS) is 30.0. The van der Waals surface area contributed by atoms with E-state index in [1.165, 1.54) is 19.3 Å². The molecule has 4 rings (SSSR count). The van der Waals surface area contributed by atoms with Crippen molar-refractivity contribution in [3.63, 3.8) is 0 Å². The average molecular weight is 413 g/mol. The number of hydrogen-bond donors (Lipinski definition) is 3. The number of fused-ring (bicyclic) bond motifs is 1. The van der Waals surface area contributed by atoms with Gasteiger partial charge < -0.3 is 20.9 Å². The number of piperidine rings is 2. The number of likely N-dealkylation sites (N-methyl/N-ethyl adjacent to an activating group) is 1. The van der Waals surface area contributed by atoms with Gasteiger partial charge in [-0.2, -0.15) is 0 Å². The molecule has 0 bridgehead atoms. The van der Waals surface area contributed by atoms with Gasteiger partial charge in [-0.15, -0.1) is 0 Å². The second-order valence-corrected chi connectivity index (χ2v) is 9.61. The molecule has 1 aromatic carbocycles. The molecular weight excluding hydrogens is 376 g/mol. The van der Waals surface area contributed by atoms with Crippen LogP contribution in [0.2, 0.25) is 0 Å². The van der Waals surface area contributed by atoms with Crippen molar-refractivity contribution < 1.29 is 9.59 Å². The smallest absolute Gasteiger partial charge is 0.319 e. The SMILES string of the molecule is Cc1ccc(NC(=O)NC2CCCCC2)cc1C1CC2CNC(C)CC2N(C)C1=O. The minimum atomic E-state index is -0.144. The fourth-order valence-corrected chi connectivity index (χ4v) is 5.61. The number of carbonyl (C=O) groups is 2. The van der Waals surface area contributed by atoms with Crippen LogP contribution in [0.3, 0.4) is 0 Å². The van der Waals surface area contributed by atoms with Crippen molar-refractivity contribution in [3.8, 4) is 0 Å². The van der Waals surface area contributed by atoms with Crippen molar-refractivity contribution in [2.24, 2.45) is 5.92 Å². The molecule has 4 unspecified atom stereocenters. The molecule has 0 aromatic heterocycles. The van der Waals surface area contributed by atoms with Gasteiger partial charge in [-0.25, -0.2) is 4.79 Å². The van der Waals surface area contributed by atoms with Crippen LogP contribution in [0.15, 0.2) is 18.2 Å². The number of rotatable bonds is 3. The van der Waals surface area contributed by atoms with Gasteiger partial charge in [0.05, 0.1) is 5.92 Å². The summed E-state index contributed by atoms with van der Waals surface area (Å²) in [6.07, 6.45) is 7.64. The summed E-state index contributed by atoms with van der Waals surface area (Å²) in [4.78, 5) is 27.7. The predicted molar refractivity (Wildman–Crippen MR) is 120 cm³/mol. The molecule has 1 aliphatic carbocycles. The van der Waals surface area contributed by atoms with E-state index in [1.807, 2.05) is 30.1 Å². The lowest BCUT2D eigenvalue weighted by molar-refractivity contribution is -0.140. The topological polar surface area (TPSA) is 73.5 Å². The summed E-state index contributed by atoms with van der Waals surface area (Å²) in [5.41, 5.74) is 2.91. The van der Waals surface area contributed by atoms with Crippen LogP contribution in [0.1, 0.15) is 68.9 Å². The van der Waals surface area contributed by atoms with E-state index in [9.17, 15) is 9.59 Å². The van der Waals surface area contributed by atoms with Crippen molar-refractivity contribution in [2.45, 2.75) is 82.8 Å². The van der Waals surface area contributed by atoms with Crippen molar-refractivity contribution in [1.29, 1.82) is 0 Å². The first kappa shape index (κ1) is 21.2. The molecule has 3 fully saturated rings. The Morgan fingerprint density at radius 2 is 1.93 bits per heavy atom. The third kappa shape index (κ3) is 4.48. The van der Waals surface area contributed by atoms with Gasteiger partial charge in [0.1, 0.15) is 0 Å². The van der Waals surface area contributed by atoms with Crippen LogP contribution in [-0.4, -0.2) is 48.6 Å². The maximum atomic E-state index is 13.2. The maximum absolute atomic E-state index is 13.2. The third-order valence-corrected chi connectivity index (χ3v) is 7.40. The Bertz CT molecular complexity index is 789. The molecule has 30 heavy (non-hydrogen) atoms. The van der Waals surface area contributed by atoms with Crippen molar-refractivity contribution in [3.05, 3.63) is 29.3 Å². The molecule has 0 radical (unpaired) electrons. The Balaban J connectivity index is 1.47. The summed E-state index contributed by atoms with van der Waals surface area (Å²) in [7, 11) is 1.96. The summed E-state index contributed by atoms with van der Waals surface area (Å²) in [5.74, 6) is 0.534. The number of aryl methyl sites for hydroxylation is 1. The highest BCUT2D eigenvalue weighted by molar-refractivity contribution is 5.90. The molecule has 2 saturated heterocycles. The quantitative estimate of drug-likeness (QED) is 0.708. The summed E-state index contributed by atoms with van der Waals surface area (Å²) >= 11 is 0. The van der Waals surface area contributed by atoms with Crippen LogP contribution in [-0.2, 0) is 4.79 Å². The molecule has 3 aliphatic rings. The molecule has 1 saturated carbocycles. The lowest BCUT2D eigenvalue weighted by atomic mass is 9.75. The number of anilines is 1. The highest BCUT2D eigenvalue weighted by Gasteiger charge is 2.43. The molecule has 1 aromatic rings.